The second kappa shape index (κ2) is 18.3. The zero-order valence-electron chi connectivity index (χ0n) is 30.2. The highest BCUT2D eigenvalue weighted by Crippen LogP contribution is 2.42. The summed E-state index contributed by atoms with van der Waals surface area (Å²) in [7, 11) is 0. The van der Waals surface area contributed by atoms with Crippen LogP contribution in [0.4, 0.5) is 0 Å². The molecule has 5 N–H and O–H groups in total. The number of pyridine rings is 1. The molecule has 1 saturated carbocycles. The number of aliphatic hydroxyl groups is 2. The molecular weight excluding hydrogens is 640 g/mol. The topological polar surface area (TPSA) is 140 Å². The average molecular weight is 699 g/mol. The molecule has 0 spiro atoms. The Morgan fingerprint density at radius 3 is 2.37 bits per heavy atom. The van der Waals surface area contributed by atoms with Crippen LogP contribution in [0.5, 0.6) is 5.75 Å². The second-order valence-electron chi connectivity index (χ2n) is 15.0. The Hall–Kier alpha value is -3.57. The predicted octanol–water partition coefficient (Wildman–Crippen LogP) is 6.41. The molecule has 0 radical (unpaired) electrons. The van der Waals surface area contributed by atoms with Gasteiger partial charge in [0, 0.05) is 24.5 Å². The van der Waals surface area contributed by atoms with Gasteiger partial charge in [-0.05, 0) is 99.8 Å². The molecule has 1 aliphatic heterocycles. The highest BCUT2D eigenvalue weighted by atomic mass is 16.3. The van der Waals surface area contributed by atoms with E-state index in [2.05, 4.69) is 15.2 Å². The Balaban J connectivity index is 0.817. The van der Waals surface area contributed by atoms with E-state index in [9.17, 15) is 20.1 Å². The summed E-state index contributed by atoms with van der Waals surface area (Å²) in [6, 6.07) is 16.3. The van der Waals surface area contributed by atoms with E-state index in [1.54, 1.807) is 12.1 Å². The highest BCUT2D eigenvalue weighted by Gasteiger charge is 2.44. The SMILES string of the molecule is O=c1ccc2c(C(O)CNCCCCCCCCCN3CCC(Cn4cnc([C@](O)(c5ccccc5)C5CCCCC5)n4)CC3)ccc(O)c2[nH]1. The minimum atomic E-state index is -1.13. The number of hydrogen-bond donors (Lipinski definition) is 5. The van der Waals surface area contributed by atoms with Crippen LogP contribution >= 0.6 is 0 Å². The van der Waals surface area contributed by atoms with Crippen LogP contribution < -0.4 is 10.9 Å². The van der Waals surface area contributed by atoms with Crippen molar-refractivity contribution < 1.29 is 15.3 Å². The summed E-state index contributed by atoms with van der Waals surface area (Å²) in [5.74, 6) is 1.31. The van der Waals surface area contributed by atoms with Crippen molar-refractivity contribution in [3.05, 3.63) is 88.2 Å². The van der Waals surface area contributed by atoms with E-state index in [-0.39, 0.29) is 17.2 Å². The number of piperidine rings is 1. The molecule has 2 aromatic heterocycles. The molecule has 10 heteroatoms. The number of rotatable bonds is 18. The third kappa shape index (κ3) is 9.66. The van der Waals surface area contributed by atoms with Gasteiger partial charge in [0.15, 0.2) is 11.4 Å². The molecule has 2 aromatic carbocycles. The zero-order chi connectivity index (χ0) is 35.5. The lowest BCUT2D eigenvalue weighted by Crippen LogP contribution is -2.39. The normalized spacial score (nSPS) is 18.2. The number of nitrogens with zero attached hydrogens (tertiary/aromatic N) is 4. The summed E-state index contributed by atoms with van der Waals surface area (Å²) >= 11 is 0. The third-order valence-electron chi connectivity index (χ3n) is 11.4. The fourth-order valence-corrected chi connectivity index (χ4v) is 8.34. The van der Waals surface area contributed by atoms with Crippen molar-refractivity contribution in [3.63, 3.8) is 0 Å². The third-order valence-corrected chi connectivity index (χ3v) is 11.4. The molecule has 3 heterocycles. The summed E-state index contributed by atoms with van der Waals surface area (Å²) in [6.45, 7) is 5.62. The van der Waals surface area contributed by atoms with Gasteiger partial charge in [0.25, 0.3) is 0 Å². The average Bonchev–Trinajstić information content (AvgIpc) is 3.64. The number of fused-ring (bicyclic) bond motifs is 1. The highest BCUT2D eigenvalue weighted by molar-refractivity contribution is 5.87. The molecule has 2 aliphatic rings. The van der Waals surface area contributed by atoms with E-state index in [0.29, 0.717) is 34.8 Å². The molecule has 6 rings (SSSR count). The molecule has 0 amide bonds. The number of unbranched alkanes of at least 4 members (excludes halogenated alkanes) is 6. The number of nitrogens with one attached hydrogen (secondary N) is 2. The first-order valence-electron chi connectivity index (χ1n) is 19.6. The second-order valence-corrected chi connectivity index (χ2v) is 15.0. The minimum Gasteiger partial charge on any atom is -0.506 e. The maximum Gasteiger partial charge on any atom is 0.248 e. The molecule has 51 heavy (non-hydrogen) atoms. The first-order valence-corrected chi connectivity index (χ1v) is 19.6. The van der Waals surface area contributed by atoms with Crippen molar-refractivity contribution in [3.8, 4) is 5.75 Å². The monoisotopic (exact) mass is 698 g/mol. The van der Waals surface area contributed by atoms with Crippen LogP contribution in [0.2, 0.25) is 0 Å². The zero-order valence-corrected chi connectivity index (χ0v) is 30.2. The number of H-pyrrole nitrogens is 1. The van der Waals surface area contributed by atoms with Crippen LogP contribution in [0.3, 0.4) is 0 Å². The van der Waals surface area contributed by atoms with E-state index >= 15 is 0 Å². The van der Waals surface area contributed by atoms with Gasteiger partial charge in [-0.1, -0.05) is 87.8 Å². The largest absolute Gasteiger partial charge is 0.506 e. The first-order chi connectivity index (χ1) is 24.9. The van der Waals surface area contributed by atoms with Gasteiger partial charge in [0.2, 0.25) is 5.56 Å². The van der Waals surface area contributed by atoms with E-state index < -0.39 is 11.7 Å². The minimum absolute atomic E-state index is 0.00507. The number of aliphatic hydroxyl groups excluding tert-OH is 1. The van der Waals surface area contributed by atoms with E-state index in [1.165, 1.54) is 76.5 Å². The number of hydrogen-bond acceptors (Lipinski definition) is 8. The maximum absolute atomic E-state index is 12.1. The van der Waals surface area contributed by atoms with Gasteiger partial charge in [-0.3, -0.25) is 9.48 Å². The van der Waals surface area contributed by atoms with Crippen molar-refractivity contribution in [1.29, 1.82) is 0 Å². The fourth-order valence-electron chi connectivity index (χ4n) is 8.34. The van der Waals surface area contributed by atoms with Gasteiger partial charge in [-0.15, -0.1) is 0 Å². The molecule has 1 saturated heterocycles. The quantitative estimate of drug-likeness (QED) is 0.0752. The molecule has 0 bridgehead atoms. The van der Waals surface area contributed by atoms with Crippen LogP contribution in [0.1, 0.15) is 113 Å². The Morgan fingerprint density at radius 2 is 1.61 bits per heavy atom. The lowest BCUT2D eigenvalue weighted by atomic mass is 9.73. The summed E-state index contributed by atoms with van der Waals surface area (Å²) in [6.07, 6.45) is 17.6. The molecule has 2 fully saturated rings. The molecule has 1 unspecified atom stereocenters. The van der Waals surface area contributed by atoms with E-state index in [1.807, 2.05) is 41.3 Å². The Kier molecular flexibility index (Phi) is 13.3. The number of phenols is 1. The van der Waals surface area contributed by atoms with Gasteiger partial charge in [-0.25, -0.2) is 4.98 Å². The van der Waals surface area contributed by atoms with Gasteiger partial charge < -0.3 is 30.5 Å². The lowest BCUT2D eigenvalue weighted by molar-refractivity contribution is -0.00865. The van der Waals surface area contributed by atoms with E-state index in [0.717, 1.165) is 63.8 Å². The van der Waals surface area contributed by atoms with Gasteiger partial charge >= 0.3 is 0 Å². The van der Waals surface area contributed by atoms with Crippen LogP contribution in [0.15, 0.2) is 65.7 Å². The lowest BCUT2D eigenvalue weighted by Gasteiger charge is -2.37. The van der Waals surface area contributed by atoms with Gasteiger partial charge in [0.1, 0.15) is 12.1 Å². The fraction of sp³-hybridized carbons (Fsp3) is 0.585. The standard InChI is InChI=1S/C41H58N6O4/c48-36-20-18-34(35-19-21-38(50)44-39(35)36)37(49)28-42-24-12-4-2-1-3-5-13-25-46-26-22-31(23-27-46)29-47-30-43-40(45-47)41(51,32-14-8-6-9-15-32)33-16-10-7-11-17-33/h6,8-9,14-15,18-21,30-31,33,37,42,48-49,51H,1-5,7,10-13,16-17,22-29H2,(H,44,50)/t37?,41-/m0/s1. The summed E-state index contributed by atoms with van der Waals surface area (Å²) < 4.78 is 1.98. The number of aromatic nitrogens is 4. The molecule has 4 aromatic rings. The van der Waals surface area contributed by atoms with Crippen LogP contribution in [-0.4, -0.2) is 72.7 Å². The molecule has 276 valence electrons. The van der Waals surface area contributed by atoms with Crippen LogP contribution in [-0.2, 0) is 12.1 Å². The molecule has 1 aliphatic carbocycles. The number of phenolic OH excluding ortho intramolecular Hbond substituents is 1. The van der Waals surface area contributed by atoms with Crippen molar-refractivity contribution in [2.75, 3.05) is 32.7 Å². The van der Waals surface area contributed by atoms with Crippen molar-refractivity contribution in [2.24, 2.45) is 11.8 Å². The number of aromatic amines is 1. The van der Waals surface area contributed by atoms with Gasteiger partial charge in [0.05, 0.1) is 11.6 Å². The number of likely N-dealkylation sites (tertiary alicyclic amines) is 1. The first kappa shape index (κ1) is 37.2. The Bertz CT molecular complexity index is 1700. The smallest absolute Gasteiger partial charge is 0.248 e. The predicted molar refractivity (Wildman–Crippen MR) is 202 cm³/mol. The number of aromatic hydroxyl groups is 1. The summed E-state index contributed by atoms with van der Waals surface area (Å²) in [5.41, 5.74) is 0.558. The van der Waals surface area contributed by atoms with Crippen LogP contribution in [0.25, 0.3) is 10.9 Å². The Labute approximate surface area is 302 Å². The van der Waals surface area contributed by atoms with E-state index in [4.69, 9.17) is 10.1 Å². The van der Waals surface area contributed by atoms with Crippen LogP contribution in [0, 0.1) is 11.8 Å². The molecular formula is C41H58N6O4. The Morgan fingerprint density at radius 1 is 0.882 bits per heavy atom. The molecule has 10 nitrogen and oxygen atoms in total. The maximum atomic E-state index is 12.1. The summed E-state index contributed by atoms with van der Waals surface area (Å²) in [4.78, 5) is 21.6. The van der Waals surface area contributed by atoms with Crippen molar-refractivity contribution in [1.82, 2.24) is 30.0 Å². The van der Waals surface area contributed by atoms with Gasteiger partial charge in [-0.2, -0.15) is 5.10 Å². The number of benzene rings is 2. The van der Waals surface area contributed by atoms with Crippen molar-refractivity contribution >= 4 is 10.9 Å². The molecule has 2 atom stereocenters. The summed E-state index contributed by atoms with van der Waals surface area (Å²) in [5, 5.41) is 41.8. The van der Waals surface area contributed by atoms with Crippen molar-refractivity contribution in [2.45, 2.75) is 108 Å².